The van der Waals surface area contributed by atoms with Crippen molar-refractivity contribution in [3.05, 3.63) is 75.5 Å². The van der Waals surface area contributed by atoms with Gasteiger partial charge in [-0.2, -0.15) is 8.78 Å². The number of ether oxygens (including phenoxy) is 6. The molecule has 51 heavy (non-hydrogen) atoms. The minimum absolute atomic E-state index is 0.0282. The normalized spacial score (nSPS) is 14.0. The lowest BCUT2D eigenvalue weighted by Gasteiger charge is -2.25. The van der Waals surface area contributed by atoms with E-state index in [0.29, 0.717) is 23.7 Å². The number of aromatic nitrogens is 1. The number of esters is 2. The van der Waals surface area contributed by atoms with Crippen LogP contribution in [0.4, 0.5) is 13.6 Å². The van der Waals surface area contributed by atoms with Gasteiger partial charge in [0.15, 0.2) is 23.0 Å². The van der Waals surface area contributed by atoms with Crippen LogP contribution in [0.15, 0.2) is 48.8 Å². The number of nitrogens with zero attached hydrogens (tertiary/aromatic N) is 1. The zero-order valence-electron chi connectivity index (χ0n) is 29.0. The van der Waals surface area contributed by atoms with Crippen molar-refractivity contribution in [2.45, 2.75) is 78.2 Å². The molecule has 2 unspecified atom stereocenters. The number of halogens is 4. The standard InChI is InChI=1S/C36H40Cl2F2N2O9/c1-19(2)31(42-35(45)51-36(3,4)5)33(44)49-30-14-22(10-11-26(30)46-6)32(43)48-28(15-23-24(37)16-41-17-25(23)38)21-9-12-27(50-34(39)40)29(13-21)47-18-20-7-8-20/h9-14,16-17,19-20,28,31,34H,7-8,15,18H2,1-6H3,(H,42,45). The number of rotatable bonds is 15. The van der Waals surface area contributed by atoms with Crippen LogP contribution in [0.25, 0.3) is 0 Å². The molecular formula is C36H40Cl2F2N2O9. The molecule has 4 rings (SSSR count). The minimum atomic E-state index is -3.09. The highest BCUT2D eigenvalue weighted by atomic mass is 35.5. The molecule has 0 aliphatic heterocycles. The smallest absolute Gasteiger partial charge is 0.408 e. The van der Waals surface area contributed by atoms with Gasteiger partial charge in [-0.25, -0.2) is 14.4 Å². The number of alkyl halides is 2. The second kappa shape index (κ2) is 17.2. The summed E-state index contributed by atoms with van der Waals surface area (Å²) in [5, 5.41) is 2.95. The number of hydrogen-bond acceptors (Lipinski definition) is 10. The number of carbonyl (C=O) groups excluding carboxylic acids is 3. The van der Waals surface area contributed by atoms with E-state index in [1.807, 2.05) is 0 Å². The predicted octanol–water partition coefficient (Wildman–Crippen LogP) is 8.38. The van der Waals surface area contributed by atoms with Crippen LogP contribution < -0.4 is 24.3 Å². The summed E-state index contributed by atoms with van der Waals surface area (Å²) in [5.74, 6) is -1.89. The van der Waals surface area contributed by atoms with Crippen LogP contribution in [0.2, 0.25) is 10.0 Å². The van der Waals surface area contributed by atoms with Crippen LogP contribution in [-0.4, -0.2) is 55.0 Å². The van der Waals surface area contributed by atoms with E-state index in [1.165, 1.54) is 55.9 Å². The van der Waals surface area contributed by atoms with Gasteiger partial charge in [-0.3, -0.25) is 4.98 Å². The Hall–Kier alpha value is -4.36. The number of carbonyl (C=O) groups is 3. The molecule has 3 aromatic rings. The number of hydrogen-bond donors (Lipinski definition) is 1. The fraction of sp³-hybridized carbons (Fsp3) is 0.444. The van der Waals surface area contributed by atoms with Crippen LogP contribution in [0.1, 0.15) is 75.0 Å². The zero-order chi connectivity index (χ0) is 37.5. The molecule has 0 spiro atoms. The summed E-state index contributed by atoms with van der Waals surface area (Å²) in [7, 11) is 1.35. The first-order valence-electron chi connectivity index (χ1n) is 16.1. The summed E-state index contributed by atoms with van der Waals surface area (Å²) in [4.78, 5) is 43.5. The number of benzene rings is 2. The predicted molar refractivity (Wildman–Crippen MR) is 184 cm³/mol. The first kappa shape index (κ1) is 39.4. The van der Waals surface area contributed by atoms with Gasteiger partial charge in [-0.05, 0) is 86.9 Å². The van der Waals surface area contributed by atoms with Crippen molar-refractivity contribution >= 4 is 41.2 Å². The third-order valence-corrected chi connectivity index (χ3v) is 8.17. The average Bonchev–Trinajstić information content (AvgIpc) is 3.88. The molecule has 1 N–H and O–H groups in total. The Morgan fingerprint density at radius 3 is 2.22 bits per heavy atom. The van der Waals surface area contributed by atoms with Crippen LogP contribution in [0, 0.1) is 11.8 Å². The molecule has 276 valence electrons. The molecule has 1 amide bonds. The SMILES string of the molecule is COc1ccc(C(=O)OC(Cc2c(Cl)cncc2Cl)c2ccc(OC(F)F)c(OCC3CC3)c2)cc1OC(=O)C(NC(=O)OC(C)(C)C)C(C)C. The molecule has 1 saturated carbocycles. The fourth-order valence-corrected chi connectivity index (χ4v) is 5.27. The topological polar surface area (TPSA) is 132 Å². The van der Waals surface area contributed by atoms with Crippen LogP contribution in [0.3, 0.4) is 0 Å². The third kappa shape index (κ3) is 11.6. The summed E-state index contributed by atoms with van der Waals surface area (Å²) in [6.45, 7) is 5.70. The molecule has 1 aliphatic rings. The summed E-state index contributed by atoms with van der Waals surface area (Å²) >= 11 is 12.8. The average molecular weight is 754 g/mol. The highest BCUT2D eigenvalue weighted by Crippen LogP contribution is 2.38. The van der Waals surface area contributed by atoms with Gasteiger partial charge < -0.3 is 33.7 Å². The maximum Gasteiger partial charge on any atom is 0.408 e. The number of methoxy groups -OCH3 is 1. The molecule has 0 saturated heterocycles. The molecular weight excluding hydrogens is 713 g/mol. The Labute approximate surface area is 304 Å². The number of alkyl carbamates (subject to hydrolysis) is 1. The van der Waals surface area contributed by atoms with E-state index < -0.39 is 48.3 Å². The van der Waals surface area contributed by atoms with Gasteiger partial charge in [0.2, 0.25) is 0 Å². The van der Waals surface area contributed by atoms with Gasteiger partial charge in [-0.1, -0.05) is 43.1 Å². The lowest BCUT2D eigenvalue weighted by Crippen LogP contribution is -2.48. The Bertz CT molecular complexity index is 1690. The van der Waals surface area contributed by atoms with E-state index in [9.17, 15) is 23.2 Å². The molecule has 0 radical (unpaired) electrons. The van der Waals surface area contributed by atoms with E-state index in [4.69, 9.17) is 46.9 Å². The Balaban J connectivity index is 1.64. The Kier molecular flexibility index (Phi) is 13.3. The first-order valence-corrected chi connectivity index (χ1v) is 16.9. The van der Waals surface area contributed by atoms with Gasteiger partial charge >= 0.3 is 24.6 Å². The summed E-state index contributed by atoms with van der Waals surface area (Å²) < 4.78 is 59.3. The van der Waals surface area contributed by atoms with E-state index in [2.05, 4.69) is 15.0 Å². The third-order valence-electron chi connectivity index (χ3n) is 7.52. The zero-order valence-corrected chi connectivity index (χ0v) is 30.5. The molecule has 1 aliphatic carbocycles. The summed E-state index contributed by atoms with van der Waals surface area (Å²) in [5.41, 5.74) is -0.0415. The largest absolute Gasteiger partial charge is 0.493 e. The molecule has 1 heterocycles. The lowest BCUT2D eigenvalue weighted by molar-refractivity contribution is -0.138. The molecule has 2 aromatic carbocycles. The van der Waals surface area contributed by atoms with Crippen molar-refractivity contribution in [2.24, 2.45) is 11.8 Å². The van der Waals surface area contributed by atoms with Gasteiger partial charge in [0, 0.05) is 18.8 Å². The quantitative estimate of drug-likeness (QED) is 0.119. The highest BCUT2D eigenvalue weighted by molar-refractivity contribution is 6.35. The van der Waals surface area contributed by atoms with Crippen LogP contribution in [-0.2, 0) is 20.7 Å². The van der Waals surface area contributed by atoms with Crippen molar-refractivity contribution in [2.75, 3.05) is 13.7 Å². The van der Waals surface area contributed by atoms with E-state index in [0.717, 1.165) is 12.8 Å². The van der Waals surface area contributed by atoms with Crippen molar-refractivity contribution in [1.29, 1.82) is 0 Å². The number of pyridine rings is 1. The highest BCUT2D eigenvalue weighted by Gasteiger charge is 2.31. The molecule has 15 heteroatoms. The van der Waals surface area contributed by atoms with Gasteiger partial charge in [0.1, 0.15) is 17.7 Å². The molecule has 11 nitrogen and oxygen atoms in total. The van der Waals surface area contributed by atoms with Crippen LogP contribution >= 0.6 is 23.2 Å². The van der Waals surface area contributed by atoms with E-state index >= 15 is 0 Å². The van der Waals surface area contributed by atoms with Gasteiger partial charge in [-0.15, -0.1) is 0 Å². The van der Waals surface area contributed by atoms with Crippen LogP contribution in [0.5, 0.6) is 23.0 Å². The number of nitrogens with one attached hydrogen (secondary N) is 1. The van der Waals surface area contributed by atoms with Crippen molar-refractivity contribution in [1.82, 2.24) is 10.3 Å². The van der Waals surface area contributed by atoms with Crippen molar-refractivity contribution in [3.8, 4) is 23.0 Å². The maximum atomic E-state index is 13.8. The molecule has 2 atom stereocenters. The van der Waals surface area contributed by atoms with Gasteiger partial charge in [0.25, 0.3) is 0 Å². The monoisotopic (exact) mass is 752 g/mol. The second-order valence-corrected chi connectivity index (χ2v) is 14.0. The molecule has 0 bridgehead atoms. The fourth-order valence-electron chi connectivity index (χ4n) is 4.75. The Morgan fingerprint density at radius 1 is 0.961 bits per heavy atom. The lowest BCUT2D eigenvalue weighted by atomic mass is 10.0. The maximum absolute atomic E-state index is 13.8. The first-order chi connectivity index (χ1) is 24.0. The summed E-state index contributed by atoms with van der Waals surface area (Å²) in [6.07, 6.45) is 2.78. The van der Waals surface area contributed by atoms with Gasteiger partial charge in [0.05, 0.1) is 29.3 Å². The van der Waals surface area contributed by atoms with E-state index in [1.54, 1.807) is 34.6 Å². The second-order valence-electron chi connectivity index (χ2n) is 13.2. The summed E-state index contributed by atoms with van der Waals surface area (Å²) in [6, 6.07) is 7.22. The van der Waals surface area contributed by atoms with Crippen molar-refractivity contribution in [3.63, 3.8) is 0 Å². The molecule has 1 aromatic heterocycles. The number of amides is 1. The minimum Gasteiger partial charge on any atom is -0.493 e. The molecule has 1 fully saturated rings. The Morgan fingerprint density at radius 2 is 1.63 bits per heavy atom. The van der Waals surface area contributed by atoms with Crippen molar-refractivity contribution < 1.29 is 51.6 Å². The van der Waals surface area contributed by atoms with E-state index in [-0.39, 0.29) is 45.0 Å².